The molecular weight excluding hydrogens is 255 g/mol. The lowest BCUT2D eigenvalue weighted by Crippen LogP contribution is -1.68. The Kier molecular flexibility index (Phi) is 2.51. The van der Waals surface area contributed by atoms with Crippen LogP contribution in [0.15, 0.2) is 4.34 Å². The van der Waals surface area contributed by atoms with Gasteiger partial charge in [-0.3, -0.25) is 0 Å². The standard InChI is InChI=1S/C3H3IN2S2/c1-7-3-5-2(4)6-8-3/h1H3. The molecule has 0 spiro atoms. The molecular formula is C3H3IN2S2. The van der Waals surface area contributed by atoms with E-state index in [0.29, 0.717) is 0 Å². The minimum absolute atomic E-state index is 0.844. The molecule has 0 aliphatic rings. The Morgan fingerprint density at radius 3 is 2.75 bits per heavy atom. The lowest BCUT2D eigenvalue weighted by molar-refractivity contribution is 1.16. The van der Waals surface area contributed by atoms with E-state index in [1.54, 1.807) is 11.8 Å². The van der Waals surface area contributed by atoms with Crippen molar-refractivity contribution in [2.75, 3.05) is 6.26 Å². The number of hydrogen-bond acceptors (Lipinski definition) is 4. The molecule has 0 radical (unpaired) electrons. The second kappa shape index (κ2) is 2.98. The largest absolute Gasteiger partial charge is 0.204 e. The molecule has 1 aromatic heterocycles. The molecule has 0 bridgehead atoms. The van der Waals surface area contributed by atoms with Crippen molar-refractivity contribution in [2.45, 2.75) is 4.34 Å². The van der Waals surface area contributed by atoms with Crippen molar-refractivity contribution < 1.29 is 0 Å². The normalized spacial score (nSPS) is 9.75. The van der Waals surface area contributed by atoms with Crippen molar-refractivity contribution in [2.24, 2.45) is 0 Å². The Bertz CT molecular complexity index is 176. The molecule has 44 valence electrons. The van der Waals surface area contributed by atoms with Gasteiger partial charge in [0.2, 0.25) is 3.83 Å². The Labute approximate surface area is 69.4 Å². The van der Waals surface area contributed by atoms with Crippen LogP contribution in [-0.4, -0.2) is 15.6 Å². The molecule has 0 saturated heterocycles. The topological polar surface area (TPSA) is 25.8 Å². The number of aromatic nitrogens is 2. The monoisotopic (exact) mass is 258 g/mol. The van der Waals surface area contributed by atoms with E-state index in [0.717, 1.165) is 8.17 Å². The average molecular weight is 258 g/mol. The summed E-state index contributed by atoms with van der Waals surface area (Å²) in [6.07, 6.45) is 2.00. The molecule has 0 saturated carbocycles. The summed E-state index contributed by atoms with van der Waals surface area (Å²) in [5.74, 6) is 0. The average Bonchev–Trinajstić information content (AvgIpc) is 2.14. The highest BCUT2D eigenvalue weighted by Gasteiger charge is 1.95. The molecule has 0 unspecified atom stereocenters. The third-order valence-corrected chi connectivity index (χ3v) is 3.04. The summed E-state index contributed by atoms with van der Waals surface area (Å²) in [5, 5.41) is 0. The van der Waals surface area contributed by atoms with Crippen molar-refractivity contribution in [1.82, 2.24) is 9.36 Å². The summed E-state index contributed by atoms with van der Waals surface area (Å²) in [5.41, 5.74) is 0. The molecule has 1 rings (SSSR count). The first-order valence-electron chi connectivity index (χ1n) is 1.86. The number of nitrogens with zero attached hydrogens (tertiary/aromatic N) is 2. The van der Waals surface area contributed by atoms with E-state index in [2.05, 4.69) is 31.9 Å². The molecule has 0 aliphatic heterocycles. The van der Waals surface area contributed by atoms with Crippen LogP contribution < -0.4 is 0 Å². The predicted octanol–water partition coefficient (Wildman–Crippen LogP) is 1.86. The summed E-state index contributed by atoms with van der Waals surface area (Å²) in [4.78, 5) is 4.09. The van der Waals surface area contributed by atoms with Crippen LogP contribution in [0, 0.1) is 3.83 Å². The quantitative estimate of drug-likeness (QED) is 0.568. The Morgan fingerprint density at radius 1 is 1.75 bits per heavy atom. The van der Waals surface area contributed by atoms with Crippen molar-refractivity contribution in [3.05, 3.63) is 3.83 Å². The molecule has 1 aromatic rings. The fourth-order valence-corrected chi connectivity index (χ4v) is 2.05. The maximum absolute atomic E-state index is 4.09. The zero-order valence-corrected chi connectivity index (χ0v) is 7.88. The van der Waals surface area contributed by atoms with Gasteiger partial charge in [-0.2, -0.15) is 4.37 Å². The van der Waals surface area contributed by atoms with E-state index >= 15 is 0 Å². The van der Waals surface area contributed by atoms with Crippen LogP contribution in [0.25, 0.3) is 0 Å². The highest BCUT2D eigenvalue weighted by Crippen LogP contribution is 2.16. The van der Waals surface area contributed by atoms with Gasteiger partial charge in [-0.15, -0.1) is 0 Å². The van der Waals surface area contributed by atoms with Gasteiger partial charge in [0.15, 0.2) is 4.34 Å². The Hall–Kier alpha value is 0.640. The van der Waals surface area contributed by atoms with Crippen LogP contribution in [0.1, 0.15) is 0 Å². The van der Waals surface area contributed by atoms with Gasteiger partial charge in [0, 0.05) is 22.6 Å². The van der Waals surface area contributed by atoms with Gasteiger partial charge in [0.25, 0.3) is 0 Å². The summed E-state index contributed by atoms with van der Waals surface area (Å²) in [6.45, 7) is 0. The van der Waals surface area contributed by atoms with Gasteiger partial charge in [-0.1, -0.05) is 11.8 Å². The fraction of sp³-hybridized carbons (Fsp3) is 0.333. The van der Waals surface area contributed by atoms with Gasteiger partial charge < -0.3 is 0 Å². The van der Waals surface area contributed by atoms with Gasteiger partial charge in [-0.25, -0.2) is 4.98 Å². The van der Waals surface area contributed by atoms with E-state index in [-0.39, 0.29) is 0 Å². The molecule has 0 atom stereocenters. The van der Waals surface area contributed by atoms with E-state index in [1.165, 1.54) is 11.5 Å². The first kappa shape index (κ1) is 6.76. The third kappa shape index (κ3) is 1.56. The minimum Gasteiger partial charge on any atom is -0.203 e. The smallest absolute Gasteiger partial charge is 0.203 e. The molecule has 0 aromatic carbocycles. The van der Waals surface area contributed by atoms with Crippen LogP contribution >= 0.6 is 45.9 Å². The van der Waals surface area contributed by atoms with Gasteiger partial charge in [0.1, 0.15) is 0 Å². The molecule has 0 fully saturated rings. The first-order chi connectivity index (χ1) is 3.83. The zero-order valence-electron chi connectivity index (χ0n) is 4.09. The molecule has 2 nitrogen and oxygen atoms in total. The minimum atomic E-state index is 0.844. The summed E-state index contributed by atoms with van der Waals surface area (Å²) >= 11 is 5.17. The number of thioether (sulfide) groups is 1. The van der Waals surface area contributed by atoms with E-state index in [1.807, 2.05) is 6.26 Å². The van der Waals surface area contributed by atoms with E-state index in [4.69, 9.17) is 0 Å². The number of halogens is 1. The molecule has 0 amide bonds. The summed E-state index contributed by atoms with van der Waals surface area (Å²) in [7, 11) is 0. The van der Waals surface area contributed by atoms with Crippen LogP contribution in [-0.2, 0) is 0 Å². The maximum atomic E-state index is 4.09. The van der Waals surface area contributed by atoms with Crippen LogP contribution in [0.4, 0.5) is 0 Å². The third-order valence-electron chi connectivity index (χ3n) is 0.557. The first-order valence-corrected chi connectivity index (χ1v) is 4.94. The van der Waals surface area contributed by atoms with Crippen molar-refractivity contribution >= 4 is 45.9 Å². The molecule has 0 N–H and O–H groups in total. The second-order valence-corrected chi connectivity index (χ2v) is 3.80. The zero-order chi connectivity index (χ0) is 5.98. The van der Waals surface area contributed by atoms with Crippen LogP contribution in [0.5, 0.6) is 0 Å². The van der Waals surface area contributed by atoms with Crippen LogP contribution in [0.3, 0.4) is 0 Å². The fourth-order valence-electron chi connectivity index (χ4n) is 0.276. The molecule has 5 heteroatoms. The molecule has 0 aliphatic carbocycles. The highest BCUT2D eigenvalue weighted by atomic mass is 127. The Balaban J connectivity index is 2.84. The van der Waals surface area contributed by atoms with Gasteiger partial charge in [-0.05, 0) is 17.8 Å². The van der Waals surface area contributed by atoms with Crippen molar-refractivity contribution in [1.29, 1.82) is 0 Å². The van der Waals surface area contributed by atoms with Crippen molar-refractivity contribution in [3.63, 3.8) is 0 Å². The predicted molar refractivity (Wildman–Crippen MR) is 44.4 cm³/mol. The molecule has 8 heavy (non-hydrogen) atoms. The lowest BCUT2D eigenvalue weighted by atomic mass is 11.3. The number of hydrogen-bond donors (Lipinski definition) is 0. The van der Waals surface area contributed by atoms with E-state index < -0.39 is 0 Å². The van der Waals surface area contributed by atoms with Crippen LogP contribution in [0.2, 0.25) is 0 Å². The summed E-state index contributed by atoms with van der Waals surface area (Å²) < 4.78 is 5.86. The SMILES string of the molecule is CSc1nc(I)ns1. The Morgan fingerprint density at radius 2 is 2.50 bits per heavy atom. The summed E-state index contributed by atoms with van der Waals surface area (Å²) in [6, 6.07) is 0. The second-order valence-electron chi connectivity index (χ2n) is 1.03. The van der Waals surface area contributed by atoms with Crippen molar-refractivity contribution in [3.8, 4) is 0 Å². The van der Waals surface area contributed by atoms with Gasteiger partial charge >= 0.3 is 0 Å². The van der Waals surface area contributed by atoms with Gasteiger partial charge in [0.05, 0.1) is 0 Å². The maximum Gasteiger partial charge on any atom is 0.204 e. The number of rotatable bonds is 1. The highest BCUT2D eigenvalue weighted by molar-refractivity contribution is 14.1. The lowest BCUT2D eigenvalue weighted by Gasteiger charge is -1.75. The van der Waals surface area contributed by atoms with E-state index in [9.17, 15) is 0 Å². The molecule has 1 heterocycles.